The molecule has 1 aromatic carbocycles. The normalized spacial score (nSPS) is 9.61. The molecule has 2 rings (SSSR count). The first-order valence-electron chi connectivity index (χ1n) is 6.29. The van der Waals surface area contributed by atoms with Gasteiger partial charge in [-0.3, -0.25) is 0 Å². The maximum atomic E-state index is 3.54. The van der Waals surface area contributed by atoms with Crippen LogP contribution in [0.1, 0.15) is 6.92 Å². The van der Waals surface area contributed by atoms with Gasteiger partial charge in [0.15, 0.2) is 0 Å². The Balaban J connectivity index is 0.000000203. The molecule has 2 aromatic rings. The molecule has 0 aliphatic carbocycles. The monoisotopic (exact) mass is 242 g/mol. The molecule has 18 heavy (non-hydrogen) atoms. The number of hydrogen-bond acceptors (Lipinski definition) is 1. The second kappa shape index (κ2) is 8.31. The summed E-state index contributed by atoms with van der Waals surface area (Å²) < 4.78 is 2.25. The number of nitrogens with one attached hydrogen (secondary N) is 1. The van der Waals surface area contributed by atoms with Crippen LogP contribution in [-0.4, -0.2) is 17.7 Å². The summed E-state index contributed by atoms with van der Waals surface area (Å²) in [4.78, 5) is 0. The SMILES string of the molecule is C=CCNCC=C.CCn1ccc2ccccc21. The van der Waals surface area contributed by atoms with Crippen LogP contribution in [0.2, 0.25) is 0 Å². The fourth-order valence-corrected chi connectivity index (χ4v) is 1.70. The molecule has 1 heterocycles. The molecule has 2 heteroatoms. The number of fused-ring (bicyclic) bond motifs is 1. The molecule has 0 bridgehead atoms. The second-order valence-corrected chi connectivity index (χ2v) is 3.90. The molecule has 0 aliphatic heterocycles. The van der Waals surface area contributed by atoms with Crippen molar-refractivity contribution < 1.29 is 0 Å². The first kappa shape index (κ1) is 14.3. The Morgan fingerprint density at radius 2 is 1.78 bits per heavy atom. The van der Waals surface area contributed by atoms with Crippen LogP contribution in [0.3, 0.4) is 0 Å². The minimum absolute atomic E-state index is 0.867. The van der Waals surface area contributed by atoms with Crippen molar-refractivity contribution in [1.29, 1.82) is 0 Å². The molecule has 0 spiro atoms. The molecule has 2 nitrogen and oxygen atoms in total. The van der Waals surface area contributed by atoms with Crippen LogP contribution in [0.15, 0.2) is 61.8 Å². The topological polar surface area (TPSA) is 17.0 Å². The zero-order chi connectivity index (χ0) is 13.2. The average molecular weight is 242 g/mol. The van der Waals surface area contributed by atoms with Crippen LogP contribution >= 0.6 is 0 Å². The maximum Gasteiger partial charge on any atom is 0.0480 e. The quantitative estimate of drug-likeness (QED) is 0.626. The minimum atomic E-state index is 0.867. The highest BCUT2D eigenvalue weighted by atomic mass is 14.9. The summed E-state index contributed by atoms with van der Waals surface area (Å²) in [7, 11) is 0. The molecule has 0 aliphatic rings. The largest absolute Gasteiger partial charge is 0.348 e. The van der Waals surface area contributed by atoms with Crippen molar-refractivity contribution in [1.82, 2.24) is 9.88 Å². The summed E-state index contributed by atoms with van der Waals surface area (Å²) in [6, 6.07) is 10.6. The highest BCUT2D eigenvalue weighted by Crippen LogP contribution is 2.14. The zero-order valence-electron chi connectivity index (χ0n) is 11.1. The van der Waals surface area contributed by atoms with E-state index in [9.17, 15) is 0 Å². The van der Waals surface area contributed by atoms with Crippen LogP contribution in [-0.2, 0) is 6.54 Å². The van der Waals surface area contributed by atoms with E-state index in [0.717, 1.165) is 19.6 Å². The van der Waals surface area contributed by atoms with E-state index in [1.54, 1.807) is 0 Å². The third-order valence-corrected chi connectivity index (χ3v) is 2.60. The Labute approximate surface area is 110 Å². The van der Waals surface area contributed by atoms with Gasteiger partial charge in [0, 0.05) is 31.3 Å². The molecule has 96 valence electrons. The summed E-state index contributed by atoms with van der Waals surface area (Å²) in [5, 5.41) is 4.38. The Morgan fingerprint density at radius 3 is 2.39 bits per heavy atom. The number of aryl methyl sites for hydroxylation is 1. The van der Waals surface area contributed by atoms with Gasteiger partial charge >= 0.3 is 0 Å². The van der Waals surface area contributed by atoms with Gasteiger partial charge in [0.1, 0.15) is 0 Å². The molecule has 0 radical (unpaired) electrons. The lowest BCUT2D eigenvalue weighted by atomic mass is 10.2. The van der Waals surface area contributed by atoms with Crippen molar-refractivity contribution in [3.8, 4) is 0 Å². The van der Waals surface area contributed by atoms with Crippen LogP contribution in [0, 0.1) is 0 Å². The Bertz CT molecular complexity index is 475. The van der Waals surface area contributed by atoms with E-state index in [0.29, 0.717) is 0 Å². The first-order chi connectivity index (χ1) is 8.83. The Hall–Kier alpha value is -1.80. The van der Waals surface area contributed by atoms with Crippen LogP contribution in [0.4, 0.5) is 0 Å². The fraction of sp³-hybridized carbons (Fsp3) is 0.250. The third kappa shape index (κ3) is 4.22. The summed E-state index contributed by atoms with van der Waals surface area (Å²) in [6.45, 7) is 12.0. The number of nitrogens with zero attached hydrogens (tertiary/aromatic N) is 1. The van der Waals surface area contributed by atoms with Crippen molar-refractivity contribution in [3.63, 3.8) is 0 Å². The third-order valence-electron chi connectivity index (χ3n) is 2.60. The molecule has 0 saturated heterocycles. The van der Waals surface area contributed by atoms with Gasteiger partial charge < -0.3 is 9.88 Å². The standard InChI is InChI=1S/C10H11N.C6H11N/c1-2-11-8-7-9-5-3-4-6-10(9)11;1-3-5-7-6-4-2/h3-8H,2H2,1H3;3-4,7H,1-2,5-6H2. The van der Waals surface area contributed by atoms with E-state index in [-0.39, 0.29) is 0 Å². The van der Waals surface area contributed by atoms with Crippen molar-refractivity contribution in [2.24, 2.45) is 0 Å². The van der Waals surface area contributed by atoms with Crippen molar-refractivity contribution >= 4 is 10.9 Å². The molecule has 1 N–H and O–H groups in total. The second-order valence-electron chi connectivity index (χ2n) is 3.90. The zero-order valence-corrected chi connectivity index (χ0v) is 11.1. The summed E-state index contributed by atoms with van der Waals surface area (Å²) in [5.41, 5.74) is 1.33. The van der Waals surface area contributed by atoms with Crippen LogP contribution in [0.5, 0.6) is 0 Å². The van der Waals surface area contributed by atoms with Crippen molar-refractivity contribution in [2.75, 3.05) is 13.1 Å². The van der Waals surface area contributed by atoms with E-state index >= 15 is 0 Å². The van der Waals surface area contributed by atoms with Gasteiger partial charge in [0.25, 0.3) is 0 Å². The van der Waals surface area contributed by atoms with E-state index in [2.05, 4.69) is 66.5 Å². The van der Waals surface area contributed by atoms with Gasteiger partial charge in [-0.05, 0) is 24.4 Å². The Kier molecular flexibility index (Phi) is 6.59. The maximum absolute atomic E-state index is 3.54. The predicted molar refractivity (Wildman–Crippen MR) is 80.9 cm³/mol. The van der Waals surface area contributed by atoms with E-state index in [1.165, 1.54) is 10.9 Å². The number of hydrogen-bond donors (Lipinski definition) is 1. The van der Waals surface area contributed by atoms with Crippen molar-refractivity contribution in [2.45, 2.75) is 13.5 Å². The van der Waals surface area contributed by atoms with Gasteiger partial charge in [0.2, 0.25) is 0 Å². The highest BCUT2D eigenvalue weighted by molar-refractivity contribution is 5.79. The van der Waals surface area contributed by atoms with E-state index in [1.807, 2.05) is 12.2 Å². The lowest BCUT2D eigenvalue weighted by Crippen LogP contribution is -2.11. The van der Waals surface area contributed by atoms with E-state index in [4.69, 9.17) is 0 Å². The molecule has 0 amide bonds. The molecule has 0 unspecified atom stereocenters. The number of benzene rings is 1. The molecule has 1 aromatic heterocycles. The molecule has 0 atom stereocenters. The van der Waals surface area contributed by atoms with Gasteiger partial charge in [-0.25, -0.2) is 0 Å². The predicted octanol–water partition coefficient (Wildman–Crippen LogP) is 3.61. The average Bonchev–Trinajstić information content (AvgIpc) is 2.83. The van der Waals surface area contributed by atoms with Gasteiger partial charge in [0.05, 0.1) is 0 Å². The Morgan fingerprint density at radius 1 is 1.11 bits per heavy atom. The lowest BCUT2D eigenvalue weighted by molar-refractivity contribution is 0.798. The summed E-state index contributed by atoms with van der Waals surface area (Å²) in [5.74, 6) is 0. The first-order valence-corrected chi connectivity index (χ1v) is 6.29. The molecular formula is C16H22N2. The summed E-state index contributed by atoms with van der Waals surface area (Å²) >= 11 is 0. The number of rotatable bonds is 5. The van der Waals surface area contributed by atoms with Crippen LogP contribution < -0.4 is 5.32 Å². The molecule has 0 saturated carbocycles. The van der Waals surface area contributed by atoms with Gasteiger partial charge in [-0.1, -0.05) is 30.4 Å². The van der Waals surface area contributed by atoms with E-state index < -0.39 is 0 Å². The molecular weight excluding hydrogens is 220 g/mol. The number of para-hydroxylation sites is 1. The smallest absolute Gasteiger partial charge is 0.0480 e. The highest BCUT2D eigenvalue weighted by Gasteiger charge is 1.95. The van der Waals surface area contributed by atoms with Gasteiger partial charge in [-0.2, -0.15) is 0 Å². The van der Waals surface area contributed by atoms with Crippen molar-refractivity contribution in [3.05, 3.63) is 61.8 Å². The number of aromatic nitrogens is 1. The van der Waals surface area contributed by atoms with Gasteiger partial charge in [-0.15, -0.1) is 13.2 Å². The summed E-state index contributed by atoms with van der Waals surface area (Å²) in [6.07, 6.45) is 5.78. The minimum Gasteiger partial charge on any atom is -0.348 e. The fourth-order valence-electron chi connectivity index (χ4n) is 1.70. The van der Waals surface area contributed by atoms with Crippen LogP contribution in [0.25, 0.3) is 10.9 Å². The lowest BCUT2D eigenvalue weighted by Gasteiger charge is -1.98. The molecule has 0 fully saturated rings.